The minimum Gasteiger partial charge on any atom is -0.308 e. The van der Waals surface area contributed by atoms with Crippen molar-refractivity contribution in [2.24, 2.45) is 0 Å². The topological polar surface area (TPSA) is 41.1 Å². The van der Waals surface area contributed by atoms with Crippen molar-refractivity contribution in [1.29, 1.82) is 0 Å². The van der Waals surface area contributed by atoms with Crippen LogP contribution in [0, 0.1) is 5.82 Å². The summed E-state index contributed by atoms with van der Waals surface area (Å²) in [6.45, 7) is 2.06. The molecule has 2 N–H and O–H groups in total. The lowest BCUT2D eigenvalue weighted by atomic mass is 10.1. The number of halogens is 2. The van der Waals surface area contributed by atoms with Crippen LogP contribution in [0.25, 0.3) is 0 Å². The van der Waals surface area contributed by atoms with Crippen LogP contribution in [0.3, 0.4) is 0 Å². The van der Waals surface area contributed by atoms with Crippen LogP contribution < -0.4 is 10.6 Å². The third-order valence-electron chi connectivity index (χ3n) is 2.80. The van der Waals surface area contributed by atoms with Gasteiger partial charge >= 0.3 is 6.03 Å². The van der Waals surface area contributed by atoms with Crippen molar-refractivity contribution in [2.75, 3.05) is 10.6 Å². The molecule has 0 aliphatic rings. The highest BCUT2D eigenvalue weighted by Crippen LogP contribution is 2.19. The van der Waals surface area contributed by atoms with Gasteiger partial charge in [0.25, 0.3) is 0 Å². The van der Waals surface area contributed by atoms with E-state index < -0.39 is 11.8 Å². The molecule has 0 aromatic heterocycles. The Morgan fingerprint density at radius 1 is 1.10 bits per heavy atom. The van der Waals surface area contributed by atoms with Crippen molar-refractivity contribution in [3.8, 4) is 0 Å². The highest BCUT2D eigenvalue weighted by atomic mass is 35.5. The van der Waals surface area contributed by atoms with E-state index in [2.05, 4.69) is 17.6 Å². The summed E-state index contributed by atoms with van der Waals surface area (Å²) in [5.74, 6) is -0.521. The van der Waals surface area contributed by atoms with Crippen LogP contribution in [0.5, 0.6) is 0 Å². The molecule has 0 unspecified atom stereocenters. The molecule has 0 saturated carbocycles. The molecule has 0 fully saturated rings. The molecular formula is C15H14ClFN2O. The van der Waals surface area contributed by atoms with Gasteiger partial charge in [-0.1, -0.05) is 30.7 Å². The first-order valence-electron chi connectivity index (χ1n) is 6.20. The molecule has 20 heavy (non-hydrogen) atoms. The molecule has 0 heterocycles. The zero-order chi connectivity index (χ0) is 14.5. The van der Waals surface area contributed by atoms with Gasteiger partial charge in [0.2, 0.25) is 0 Å². The van der Waals surface area contributed by atoms with Crippen LogP contribution in [0.4, 0.5) is 20.6 Å². The Balaban J connectivity index is 1.99. The Kier molecular flexibility index (Phi) is 4.58. The van der Waals surface area contributed by atoms with E-state index in [4.69, 9.17) is 11.6 Å². The quantitative estimate of drug-likeness (QED) is 0.847. The highest BCUT2D eigenvalue weighted by molar-refractivity contribution is 6.31. The highest BCUT2D eigenvalue weighted by Gasteiger charge is 2.05. The second-order valence-electron chi connectivity index (χ2n) is 4.26. The molecule has 104 valence electrons. The van der Waals surface area contributed by atoms with Crippen LogP contribution in [-0.4, -0.2) is 6.03 Å². The molecule has 0 aliphatic heterocycles. The summed E-state index contributed by atoms with van der Waals surface area (Å²) in [5.41, 5.74) is 2.31. The number of carbonyl (C=O) groups excluding carboxylic acids is 1. The molecule has 5 heteroatoms. The Morgan fingerprint density at radius 3 is 2.30 bits per heavy atom. The maximum absolute atomic E-state index is 13.0. The Labute approximate surface area is 121 Å². The molecule has 2 aromatic rings. The summed E-state index contributed by atoms with van der Waals surface area (Å²) in [6, 6.07) is 11.2. The van der Waals surface area contributed by atoms with Crippen molar-refractivity contribution in [3.63, 3.8) is 0 Å². The molecule has 0 atom stereocenters. The molecule has 2 amide bonds. The SMILES string of the molecule is CCc1ccc(NC(=O)Nc2ccc(F)c(Cl)c2)cc1. The fraction of sp³-hybridized carbons (Fsp3) is 0.133. The number of aryl methyl sites for hydroxylation is 1. The number of urea groups is 1. The average Bonchev–Trinajstić information content (AvgIpc) is 2.44. The summed E-state index contributed by atoms with van der Waals surface area (Å²) >= 11 is 5.64. The van der Waals surface area contributed by atoms with Gasteiger partial charge in [-0.05, 0) is 42.3 Å². The number of nitrogens with one attached hydrogen (secondary N) is 2. The van der Waals surface area contributed by atoms with Crippen LogP contribution >= 0.6 is 11.6 Å². The fourth-order valence-electron chi connectivity index (χ4n) is 1.69. The number of amides is 2. The van der Waals surface area contributed by atoms with E-state index in [0.29, 0.717) is 11.4 Å². The van der Waals surface area contributed by atoms with E-state index in [9.17, 15) is 9.18 Å². The molecule has 0 aliphatic carbocycles. The maximum Gasteiger partial charge on any atom is 0.323 e. The lowest BCUT2D eigenvalue weighted by Gasteiger charge is -2.08. The smallest absolute Gasteiger partial charge is 0.308 e. The number of anilines is 2. The molecule has 0 spiro atoms. The number of hydrogen-bond donors (Lipinski definition) is 2. The standard InChI is InChI=1S/C15H14ClFN2O/c1-2-10-3-5-11(6-4-10)18-15(20)19-12-7-8-14(17)13(16)9-12/h3-9H,2H2,1H3,(H2,18,19,20). The average molecular weight is 293 g/mol. The molecular weight excluding hydrogens is 279 g/mol. The van der Waals surface area contributed by atoms with Crippen LogP contribution in [0.15, 0.2) is 42.5 Å². The third kappa shape index (κ3) is 3.71. The van der Waals surface area contributed by atoms with Crippen molar-refractivity contribution in [2.45, 2.75) is 13.3 Å². The predicted octanol–water partition coefficient (Wildman–Crippen LogP) is 4.69. The Morgan fingerprint density at radius 2 is 1.70 bits per heavy atom. The molecule has 0 bridgehead atoms. The summed E-state index contributed by atoms with van der Waals surface area (Å²) in [6.07, 6.45) is 0.945. The summed E-state index contributed by atoms with van der Waals surface area (Å²) in [4.78, 5) is 11.8. The molecule has 3 nitrogen and oxygen atoms in total. The van der Waals surface area contributed by atoms with Gasteiger partial charge in [0.05, 0.1) is 5.02 Å². The second-order valence-corrected chi connectivity index (χ2v) is 4.67. The monoisotopic (exact) mass is 292 g/mol. The summed E-state index contributed by atoms with van der Waals surface area (Å²) in [5, 5.41) is 5.24. The van der Waals surface area contributed by atoms with E-state index in [1.165, 1.54) is 23.8 Å². The first kappa shape index (κ1) is 14.3. The number of benzene rings is 2. The number of rotatable bonds is 3. The van der Waals surface area contributed by atoms with Crippen molar-refractivity contribution in [1.82, 2.24) is 0 Å². The van der Waals surface area contributed by atoms with Crippen LogP contribution in [0.2, 0.25) is 5.02 Å². The lowest BCUT2D eigenvalue weighted by Crippen LogP contribution is -2.19. The fourth-order valence-corrected chi connectivity index (χ4v) is 1.87. The van der Waals surface area contributed by atoms with Gasteiger partial charge in [0, 0.05) is 11.4 Å². The minimum atomic E-state index is -0.521. The normalized spacial score (nSPS) is 10.2. The van der Waals surface area contributed by atoms with E-state index in [0.717, 1.165) is 6.42 Å². The van der Waals surface area contributed by atoms with E-state index in [1.54, 1.807) is 0 Å². The van der Waals surface area contributed by atoms with Gasteiger partial charge in [0.1, 0.15) is 5.82 Å². The van der Waals surface area contributed by atoms with Crippen LogP contribution in [0.1, 0.15) is 12.5 Å². The van der Waals surface area contributed by atoms with Crippen molar-refractivity contribution < 1.29 is 9.18 Å². The maximum atomic E-state index is 13.0. The minimum absolute atomic E-state index is 0.0323. The van der Waals surface area contributed by atoms with Gasteiger partial charge in [-0.25, -0.2) is 9.18 Å². The van der Waals surface area contributed by atoms with Crippen molar-refractivity contribution in [3.05, 3.63) is 58.9 Å². The van der Waals surface area contributed by atoms with E-state index >= 15 is 0 Å². The van der Waals surface area contributed by atoms with E-state index in [-0.39, 0.29) is 5.02 Å². The van der Waals surface area contributed by atoms with Crippen molar-refractivity contribution >= 4 is 29.0 Å². The predicted molar refractivity (Wildman–Crippen MR) is 79.9 cm³/mol. The largest absolute Gasteiger partial charge is 0.323 e. The van der Waals surface area contributed by atoms with Gasteiger partial charge in [-0.2, -0.15) is 0 Å². The van der Waals surface area contributed by atoms with Crippen LogP contribution in [-0.2, 0) is 6.42 Å². The Hall–Kier alpha value is -2.07. The molecule has 0 radical (unpaired) electrons. The van der Waals surface area contributed by atoms with Gasteiger partial charge in [-0.3, -0.25) is 0 Å². The summed E-state index contributed by atoms with van der Waals surface area (Å²) in [7, 11) is 0. The molecule has 2 aromatic carbocycles. The summed E-state index contributed by atoms with van der Waals surface area (Å²) < 4.78 is 13.0. The number of carbonyl (C=O) groups is 1. The van der Waals surface area contributed by atoms with Gasteiger partial charge in [-0.15, -0.1) is 0 Å². The molecule has 2 rings (SSSR count). The first-order chi connectivity index (χ1) is 9.58. The zero-order valence-electron chi connectivity index (χ0n) is 10.9. The number of hydrogen-bond acceptors (Lipinski definition) is 1. The third-order valence-corrected chi connectivity index (χ3v) is 3.09. The van der Waals surface area contributed by atoms with Gasteiger partial charge < -0.3 is 10.6 Å². The van der Waals surface area contributed by atoms with E-state index in [1.807, 2.05) is 24.3 Å². The molecule has 0 saturated heterocycles. The second kappa shape index (κ2) is 6.39. The first-order valence-corrected chi connectivity index (χ1v) is 6.58. The Bertz CT molecular complexity index is 614. The van der Waals surface area contributed by atoms with Gasteiger partial charge in [0.15, 0.2) is 0 Å². The lowest BCUT2D eigenvalue weighted by molar-refractivity contribution is 0.262. The zero-order valence-corrected chi connectivity index (χ0v) is 11.7.